The maximum Gasteiger partial charge on any atom is 0.131 e. The summed E-state index contributed by atoms with van der Waals surface area (Å²) in [5.41, 5.74) is 4.30. The minimum atomic E-state index is -0.702. The van der Waals surface area contributed by atoms with E-state index in [1.165, 1.54) is 18.2 Å². The molecular formula is C15H16F2N2. The zero-order chi connectivity index (χ0) is 13.8. The minimum Gasteiger partial charge on any atom is -0.271 e. The number of halogens is 2. The molecule has 3 N–H and O–H groups in total. The predicted octanol–water partition coefficient (Wildman–Crippen LogP) is 3.08. The van der Waals surface area contributed by atoms with Crippen LogP contribution in [-0.2, 0) is 6.42 Å². The van der Waals surface area contributed by atoms with Crippen molar-refractivity contribution in [1.29, 1.82) is 0 Å². The summed E-state index contributed by atoms with van der Waals surface area (Å²) >= 11 is 0. The normalized spacial score (nSPS) is 12.4. The van der Waals surface area contributed by atoms with Crippen LogP contribution >= 0.6 is 0 Å². The zero-order valence-electron chi connectivity index (χ0n) is 10.7. The van der Waals surface area contributed by atoms with Gasteiger partial charge in [-0.05, 0) is 29.7 Å². The molecule has 0 aliphatic rings. The smallest absolute Gasteiger partial charge is 0.131 e. The molecule has 0 saturated carbocycles. The first-order valence-corrected chi connectivity index (χ1v) is 6.16. The van der Waals surface area contributed by atoms with Crippen LogP contribution in [0, 0.1) is 11.6 Å². The molecule has 1 unspecified atom stereocenters. The standard InChI is InChI=1S/C15H16F2N2/c1-2-10-6-8-11(9-7-10)15(19-18)14-12(16)4-3-5-13(14)17/h3-9,15,19H,2,18H2,1H3. The molecule has 19 heavy (non-hydrogen) atoms. The van der Waals surface area contributed by atoms with Crippen molar-refractivity contribution >= 4 is 0 Å². The van der Waals surface area contributed by atoms with Crippen molar-refractivity contribution in [2.75, 3.05) is 0 Å². The summed E-state index contributed by atoms with van der Waals surface area (Å²) < 4.78 is 27.6. The summed E-state index contributed by atoms with van der Waals surface area (Å²) in [7, 11) is 0. The van der Waals surface area contributed by atoms with Crippen LogP contribution in [0.5, 0.6) is 0 Å². The lowest BCUT2D eigenvalue weighted by molar-refractivity contribution is 0.510. The highest BCUT2D eigenvalue weighted by Crippen LogP contribution is 2.26. The first-order valence-electron chi connectivity index (χ1n) is 6.16. The first kappa shape index (κ1) is 13.6. The lowest BCUT2D eigenvalue weighted by atomic mass is 9.97. The van der Waals surface area contributed by atoms with Gasteiger partial charge in [-0.25, -0.2) is 14.2 Å². The van der Waals surface area contributed by atoms with Gasteiger partial charge in [-0.3, -0.25) is 5.84 Å². The topological polar surface area (TPSA) is 38.0 Å². The zero-order valence-corrected chi connectivity index (χ0v) is 10.7. The van der Waals surface area contributed by atoms with Gasteiger partial charge in [-0.2, -0.15) is 0 Å². The molecule has 0 fully saturated rings. The minimum absolute atomic E-state index is 0.0609. The van der Waals surface area contributed by atoms with Gasteiger partial charge in [0.05, 0.1) is 6.04 Å². The second-order valence-corrected chi connectivity index (χ2v) is 4.33. The molecule has 2 aromatic rings. The SMILES string of the molecule is CCc1ccc(C(NN)c2c(F)cccc2F)cc1. The van der Waals surface area contributed by atoms with Crippen LogP contribution in [0.3, 0.4) is 0 Å². The Labute approximate surface area is 111 Å². The predicted molar refractivity (Wildman–Crippen MR) is 71.3 cm³/mol. The van der Waals surface area contributed by atoms with Crippen LogP contribution in [0.4, 0.5) is 8.78 Å². The molecule has 0 aliphatic carbocycles. The van der Waals surface area contributed by atoms with E-state index >= 15 is 0 Å². The highest BCUT2D eigenvalue weighted by molar-refractivity contribution is 5.35. The Bertz CT molecular complexity index is 532. The molecule has 100 valence electrons. The Morgan fingerprint density at radius 2 is 1.63 bits per heavy atom. The molecule has 0 saturated heterocycles. The average Bonchev–Trinajstić information content (AvgIpc) is 2.43. The summed E-state index contributed by atoms with van der Waals surface area (Å²) in [5.74, 6) is 4.24. The Balaban J connectivity index is 2.44. The second-order valence-electron chi connectivity index (χ2n) is 4.33. The third kappa shape index (κ3) is 2.80. The molecule has 1 atom stereocenters. The first-order chi connectivity index (χ1) is 9.17. The van der Waals surface area contributed by atoms with Crippen LogP contribution < -0.4 is 11.3 Å². The van der Waals surface area contributed by atoms with Crippen molar-refractivity contribution in [3.8, 4) is 0 Å². The van der Waals surface area contributed by atoms with Crippen LogP contribution in [-0.4, -0.2) is 0 Å². The molecule has 0 radical (unpaired) electrons. The van der Waals surface area contributed by atoms with Crippen molar-refractivity contribution in [1.82, 2.24) is 5.43 Å². The summed E-state index contributed by atoms with van der Waals surface area (Å²) in [4.78, 5) is 0. The number of hydrogen-bond donors (Lipinski definition) is 2. The molecule has 2 aromatic carbocycles. The maximum absolute atomic E-state index is 13.8. The van der Waals surface area contributed by atoms with Gasteiger partial charge in [0.2, 0.25) is 0 Å². The number of nitrogens with two attached hydrogens (primary N) is 1. The van der Waals surface area contributed by atoms with Gasteiger partial charge < -0.3 is 0 Å². The summed E-state index contributed by atoms with van der Waals surface area (Å²) in [6, 6.07) is 10.6. The van der Waals surface area contributed by atoms with Gasteiger partial charge in [0.15, 0.2) is 0 Å². The second kappa shape index (κ2) is 5.91. The van der Waals surface area contributed by atoms with Gasteiger partial charge in [0.25, 0.3) is 0 Å². The van der Waals surface area contributed by atoms with Crippen molar-refractivity contribution in [3.05, 3.63) is 70.8 Å². The van der Waals surface area contributed by atoms with Gasteiger partial charge in [-0.1, -0.05) is 37.3 Å². The highest BCUT2D eigenvalue weighted by atomic mass is 19.1. The van der Waals surface area contributed by atoms with E-state index in [0.29, 0.717) is 0 Å². The summed E-state index contributed by atoms with van der Waals surface area (Å²) in [5, 5.41) is 0. The fourth-order valence-electron chi connectivity index (χ4n) is 2.08. The molecule has 0 heterocycles. The average molecular weight is 262 g/mol. The van der Waals surface area contributed by atoms with Crippen molar-refractivity contribution < 1.29 is 8.78 Å². The Hall–Kier alpha value is -1.78. The lowest BCUT2D eigenvalue weighted by Gasteiger charge is -2.18. The largest absolute Gasteiger partial charge is 0.271 e. The van der Waals surface area contributed by atoms with Crippen LogP contribution in [0.2, 0.25) is 0 Å². The van der Waals surface area contributed by atoms with E-state index in [2.05, 4.69) is 5.43 Å². The molecular weight excluding hydrogens is 246 g/mol. The van der Waals surface area contributed by atoms with Crippen LogP contribution in [0.1, 0.15) is 29.7 Å². The number of hydrazine groups is 1. The molecule has 0 amide bonds. The van der Waals surface area contributed by atoms with E-state index in [4.69, 9.17) is 5.84 Å². The van der Waals surface area contributed by atoms with E-state index < -0.39 is 17.7 Å². The van der Waals surface area contributed by atoms with Crippen molar-refractivity contribution in [2.24, 2.45) is 5.84 Å². The van der Waals surface area contributed by atoms with E-state index in [1.54, 1.807) is 0 Å². The Morgan fingerprint density at radius 3 is 2.11 bits per heavy atom. The van der Waals surface area contributed by atoms with E-state index in [-0.39, 0.29) is 5.56 Å². The monoisotopic (exact) mass is 262 g/mol. The number of hydrogen-bond acceptors (Lipinski definition) is 2. The summed E-state index contributed by atoms with van der Waals surface area (Å²) in [6.45, 7) is 2.05. The van der Waals surface area contributed by atoms with Crippen LogP contribution in [0.15, 0.2) is 42.5 Å². The maximum atomic E-state index is 13.8. The molecule has 0 aliphatic heterocycles. The van der Waals surface area contributed by atoms with Gasteiger partial charge in [-0.15, -0.1) is 0 Å². The van der Waals surface area contributed by atoms with Gasteiger partial charge in [0.1, 0.15) is 11.6 Å². The van der Waals surface area contributed by atoms with Crippen molar-refractivity contribution in [3.63, 3.8) is 0 Å². The Kier molecular flexibility index (Phi) is 4.24. The lowest BCUT2D eigenvalue weighted by Crippen LogP contribution is -2.30. The van der Waals surface area contributed by atoms with Gasteiger partial charge >= 0.3 is 0 Å². The molecule has 0 spiro atoms. The van der Waals surface area contributed by atoms with Crippen LogP contribution in [0.25, 0.3) is 0 Å². The number of rotatable bonds is 4. The number of nitrogens with one attached hydrogen (secondary N) is 1. The Morgan fingerprint density at radius 1 is 1.05 bits per heavy atom. The third-order valence-corrected chi connectivity index (χ3v) is 3.18. The molecule has 0 aromatic heterocycles. The van der Waals surface area contributed by atoms with Crippen molar-refractivity contribution in [2.45, 2.75) is 19.4 Å². The highest BCUT2D eigenvalue weighted by Gasteiger charge is 2.20. The number of aryl methyl sites for hydroxylation is 1. The quantitative estimate of drug-likeness (QED) is 0.656. The molecule has 0 bridgehead atoms. The van der Waals surface area contributed by atoms with Gasteiger partial charge in [0, 0.05) is 5.56 Å². The number of benzene rings is 2. The van der Waals surface area contributed by atoms with E-state index in [1.807, 2.05) is 31.2 Å². The third-order valence-electron chi connectivity index (χ3n) is 3.18. The fourth-order valence-corrected chi connectivity index (χ4v) is 2.08. The molecule has 4 heteroatoms. The van der Waals surface area contributed by atoms with E-state index in [9.17, 15) is 8.78 Å². The molecule has 2 rings (SSSR count). The summed E-state index contributed by atoms with van der Waals surface area (Å²) in [6.07, 6.45) is 0.912. The fraction of sp³-hybridized carbons (Fsp3) is 0.200. The molecule has 2 nitrogen and oxygen atoms in total. The van der Waals surface area contributed by atoms with E-state index in [0.717, 1.165) is 17.5 Å².